The first-order chi connectivity index (χ1) is 11.7. The van der Waals surface area contributed by atoms with Crippen molar-refractivity contribution in [3.63, 3.8) is 0 Å². The maximum absolute atomic E-state index is 12.2. The molecule has 0 bridgehead atoms. The molecule has 2 aromatic carbocycles. The number of fused-ring (bicyclic) bond motifs is 3. The molecule has 0 aliphatic carbocycles. The maximum atomic E-state index is 12.2. The van der Waals surface area contributed by atoms with E-state index in [0.717, 1.165) is 15.9 Å². The Bertz CT molecular complexity index is 888. The molecule has 0 fully saturated rings. The van der Waals surface area contributed by atoms with E-state index in [9.17, 15) is 4.79 Å². The highest BCUT2D eigenvalue weighted by atomic mass is 79.9. The van der Waals surface area contributed by atoms with Crippen molar-refractivity contribution in [1.29, 1.82) is 0 Å². The number of carbonyl (C=O) groups excluding carboxylic acids is 1. The molecular weight excluding hydrogens is 368 g/mol. The lowest BCUT2D eigenvalue weighted by Gasteiger charge is -2.16. The number of nitrogens with one attached hydrogen (secondary N) is 2. The summed E-state index contributed by atoms with van der Waals surface area (Å²) in [6, 6.07) is 15.6. The summed E-state index contributed by atoms with van der Waals surface area (Å²) in [5.41, 5.74) is 4.23. The minimum absolute atomic E-state index is 0.0642. The molecule has 0 radical (unpaired) electrons. The Morgan fingerprint density at radius 2 is 1.96 bits per heavy atom. The summed E-state index contributed by atoms with van der Waals surface area (Å²) in [5, 5.41) is 5.79. The van der Waals surface area contributed by atoms with Crippen molar-refractivity contribution in [2.45, 2.75) is 6.04 Å². The van der Waals surface area contributed by atoms with Gasteiger partial charge in [0, 0.05) is 22.3 Å². The molecule has 1 unspecified atom stereocenters. The van der Waals surface area contributed by atoms with E-state index >= 15 is 0 Å². The van der Waals surface area contributed by atoms with Crippen LogP contribution in [0.1, 0.15) is 11.6 Å². The smallest absolute Gasteiger partial charge is 0.319 e. The van der Waals surface area contributed by atoms with Crippen molar-refractivity contribution in [1.82, 2.24) is 14.9 Å². The number of aromatic nitrogens is 2. The molecule has 0 saturated heterocycles. The van der Waals surface area contributed by atoms with Gasteiger partial charge >= 0.3 is 6.03 Å². The van der Waals surface area contributed by atoms with Crippen molar-refractivity contribution in [3.8, 4) is 11.3 Å². The lowest BCUT2D eigenvalue weighted by atomic mass is 10.0. The van der Waals surface area contributed by atoms with E-state index in [2.05, 4.69) is 48.2 Å². The van der Waals surface area contributed by atoms with Crippen LogP contribution in [0, 0.1) is 0 Å². The molecule has 2 amide bonds. The number of halogens is 1. The minimum Gasteiger partial charge on any atom is -0.335 e. The van der Waals surface area contributed by atoms with Gasteiger partial charge in [-0.15, -0.1) is 0 Å². The van der Waals surface area contributed by atoms with Crippen molar-refractivity contribution in [2.24, 2.45) is 0 Å². The maximum Gasteiger partial charge on any atom is 0.319 e. The summed E-state index contributed by atoms with van der Waals surface area (Å²) in [6.07, 6.45) is 3.68. The van der Waals surface area contributed by atoms with Crippen molar-refractivity contribution in [2.75, 3.05) is 11.9 Å². The summed E-state index contributed by atoms with van der Waals surface area (Å²) in [7, 11) is 0. The van der Waals surface area contributed by atoms with Crippen LogP contribution in [0.4, 0.5) is 10.5 Å². The second-order valence-corrected chi connectivity index (χ2v) is 6.55. The molecule has 5 nitrogen and oxygen atoms in total. The van der Waals surface area contributed by atoms with Crippen molar-refractivity contribution < 1.29 is 4.79 Å². The molecular formula is C18H15BrN4O. The molecule has 120 valence electrons. The van der Waals surface area contributed by atoms with Crippen LogP contribution in [0.3, 0.4) is 0 Å². The molecule has 0 spiro atoms. The summed E-state index contributed by atoms with van der Waals surface area (Å²) < 4.78 is 3.08. The Kier molecular flexibility index (Phi) is 3.82. The molecule has 2 N–H and O–H groups in total. The third-order valence-electron chi connectivity index (χ3n) is 4.16. The molecule has 24 heavy (non-hydrogen) atoms. The quantitative estimate of drug-likeness (QED) is 0.717. The van der Waals surface area contributed by atoms with E-state index in [1.165, 1.54) is 11.1 Å². The van der Waals surface area contributed by atoms with E-state index in [1.807, 2.05) is 48.9 Å². The third-order valence-corrected chi connectivity index (χ3v) is 4.68. The zero-order valence-corrected chi connectivity index (χ0v) is 14.3. The molecule has 3 aromatic rings. The van der Waals surface area contributed by atoms with Crippen molar-refractivity contribution >= 4 is 27.6 Å². The van der Waals surface area contributed by atoms with Gasteiger partial charge in [0.25, 0.3) is 0 Å². The van der Waals surface area contributed by atoms with E-state index in [1.54, 1.807) is 0 Å². The highest BCUT2D eigenvalue weighted by Crippen LogP contribution is 2.38. The molecule has 1 aliphatic rings. The first kappa shape index (κ1) is 15.0. The van der Waals surface area contributed by atoms with Gasteiger partial charge in [-0.1, -0.05) is 40.2 Å². The van der Waals surface area contributed by atoms with Gasteiger partial charge in [-0.25, -0.2) is 9.78 Å². The molecule has 4 rings (SSSR count). The topological polar surface area (TPSA) is 59.0 Å². The van der Waals surface area contributed by atoms with Crippen LogP contribution in [0.25, 0.3) is 11.3 Å². The van der Waals surface area contributed by atoms with Gasteiger partial charge in [-0.3, -0.25) is 0 Å². The normalized spacial score (nSPS) is 14.8. The third kappa shape index (κ3) is 2.69. The standard InChI is InChI=1S/C18H15BrN4O/c19-12-5-7-13(8-6-12)22-18(24)21-10-17-15-4-2-1-3-14(15)16-9-20-11-23(16)17/h1-9,11,17H,10H2,(H2,21,22,24). The van der Waals surface area contributed by atoms with Gasteiger partial charge in [-0.05, 0) is 29.8 Å². The predicted octanol–water partition coefficient (Wildman–Crippen LogP) is 4.04. The lowest BCUT2D eigenvalue weighted by Crippen LogP contribution is -2.33. The zero-order valence-electron chi connectivity index (χ0n) is 12.7. The Hall–Kier alpha value is -2.60. The highest BCUT2D eigenvalue weighted by molar-refractivity contribution is 9.10. The molecule has 6 heteroatoms. The molecule has 0 saturated carbocycles. The number of urea groups is 1. The number of hydrogen-bond donors (Lipinski definition) is 2. The van der Waals surface area contributed by atoms with Crippen LogP contribution < -0.4 is 10.6 Å². The second-order valence-electron chi connectivity index (χ2n) is 5.63. The van der Waals surface area contributed by atoms with E-state index < -0.39 is 0 Å². The second kappa shape index (κ2) is 6.13. The van der Waals surface area contributed by atoms with E-state index in [-0.39, 0.29) is 12.1 Å². The summed E-state index contributed by atoms with van der Waals surface area (Å²) in [5.74, 6) is 0. The average molecular weight is 383 g/mol. The number of rotatable bonds is 3. The number of nitrogens with zero attached hydrogens (tertiary/aromatic N) is 2. The van der Waals surface area contributed by atoms with Gasteiger partial charge < -0.3 is 15.2 Å². The summed E-state index contributed by atoms with van der Waals surface area (Å²) >= 11 is 3.38. The Balaban J connectivity index is 1.46. The van der Waals surface area contributed by atoms with Crippen LogP contribution in [0.5, 0.6) is 0 Å². The average Bonchev–Trinajstić information content (AvgIpc) is 3.16. The van der Waals surface area contributed by atoms with Gasteiger partial charge in [0.1, 0.15) is 0 Å². The first-order valence-electron chi connectivity index (χ1n) is 7.64. The lowest BCUT2D eigenvalue weighted by molar-refractivity contribution is 0.251. The van der Waals surface area contributed by atoms with Crippen LogP contribution in [-0.4, -0.2) is 22.1 Å². The zero-order chi connectivity index (χ0) is 16.5. The number of hydrogen-bond acceptors (Lipinski definition) is 2. The number of carbonyl (C=O) groups is 1. The van der Waals surface area contributed by atoms with Crippen LogP contribution in [0.15, 0.2) is 65.5 Å². The fraction of sp³-hybridized carbons (Fsp3) is 0.111. The van der Waals surface area contributed by atoms with Gasteiger partial charge in [0.2, 0.25) is 0 Å². The van der Waals surface area contributed by atoms with Gasteiger partial charge in [-0.2, -0.15) is 0 Å². The molecule has 2 heterocycles. The summed E-state index contributed by atoms with van der Waals surface area (Å²) in [4.78, 5) is 16.4. The minimum atomic E-state index is -0.219. The van der Waals surface area contributed by atoms with Crippen LogP contribution in [-0.2, 0) is 0 Å². The first-order valence-corrected chi connectivity index (χ1v) is 8.43. The fourth-order valence-corrected chi connectivity index (χ4v) is 3.30. The fourth-order valence-electron chi connectivity index (χ4n) is 3.04. The highest BCUT2D eigenvalue weighted by Gasteiger charge is 2.28. The van der Waals surface area contributed by atoms with Crippen molar-refractivity contribution in [3.05, 3.63) is 71.1 Å². The SMILES string of the molecule is O=C(NCC1c2ccccc2-c2cncn21)Nc1ccc(Br)cc1. The number of benzene rings is 2. The Morgan fingerprint density at radius 3 is 2.79 bits per heavy atom. The van der Waals surface area contributed by atoms with E-state index in [4.69, 9.17) is 0 Å². The Labute approximate surface area is 147 Å². The Morgan fingerprint density at radius 1 is 1.17 bits per heavy atom. The largest absolute Gasteiger partial charge is 0.335 e. The number of amides is 2. The van der Waals surface area contributed by atoms with Gasteiger partial charge in [0.05, 0.1) is 24.3 Å². The summed E-state index contributed by atoms with van der Waals surface area (Å²) in [6.45, 7) is 0.503. The van der Waals surface area contributed by atoms with E-state index in [0.29, 0.717) is 6.54 Å². The molecule has 1 aromatic heterocycles. The predicted molar refractivity (Wildman–Crippen MR) is 97.0 cm³/mol. The molecule has 1 aliphatic heterocycles. The molecule has 1 atom stereocenters. The van der Waals surface area contributed by atoms with Crippen LogP contribution in [0.2, 0.25) is 0 Å². The van der Waals surface area contributed by atoms with Crippen LogP contribution >= 0.6 is 15.9 Å². The number of anilines is 1. The monoisotopic (exact) mass is 382 g/mol. The number of imidazole rings is 1. The van der Waals surface area contributed by atoms with Gasteiger partial charge in [0.15, 0.2) is 0 Å².